The smallest absolute Gasteiger partial charge is 0.310 e. The third-order valence-electron chi connectivity index (χ3n) is 7.95. The molecule has 35 heavy (non-hydrogen) atoms. The van der Waals surface area contributed by atoms with Crippen LogP contribution in [0.25, 0.3) is 0 Å². The number of carbonyl (C=O) groups is 3. The largest absolute Gasteiger partial charge is 0.481 e. The second-order valence-corrected chi connectivity index (χ2v) is 10.2. The first-order valence-corrected chi connectivity index (χ1v) is 12.6. The molecule has 0 bridgehead atoms. The van der Waals surface area contributed by atoms with Crippen molar-refractivity contribution in [3.05, 3.63) is 81.9 Å². The van der Waals surface area contributed by atoms with E-state index in [2.05, 4.69) is 0 Å². The maximum atomic E-state index is 13.4. The minimum atomic E-state index is -0.836. The summed E-state index contributed by atoms with van der Waals surface area (Å²) in [5, 5.41) is 18.4. The van der Waals surface area contributed by atoms with Crippen LogP contribution in [0.2, 0.25) is 0 Å². The van der Waals surface area contributed by atoms with Crippen LogP contribution in [0.3, 0.4) is 0 Å². The third-order valence-corrected chi connectivity index (χ3v) is 7.95. The van der Waals surface area contributed by atoms with Gasteiger partial charge in [-0.1, -0.05) is 54.1 Å². The van der Waals surface area contributed by atoms with Gasteiger partial charge in [0.15, 0.2) is 5.78 Å². The zero-order valence-electron chi connectivity index (χ0n) is 20.5. The fourth-order valence-corrected chi connectivity index (χ4v) is 5.61. The van der Waals surface area contributed by atoms with Gasteiger partial charge in [0.25, 0.3) is 0 Å². The van der Waals surface area contributed by atoms with Crippen LogP contribution in [0.1, 0.15) is 80.0 Å². The molecule has 0 radical (unpaired) electrons. The van der Waals surface area contributed by atoms with Crippen LogP contribution >= 0.6 is 0 Å². The molecule has 0 amide bonds. The highest BCUT2D eigenvalue weighted by atomic mass is 16.4. The van der Waals surface area contributed by atoms with Crippen molar-refractivity contribution in [2.45, 2.75) is 70.6 Å². The molecule has 2 aromatic carbocycles. The van der Waals surface area contributed by atoms with Gasteiger partial charge in [0.1, 0.15) is 0 Å². The van der Waals surface area contributed by atoms with Gasteiger partial charge >= 0.3 is 11.9 Å². The first-order valence-electron chi connectivity index (χ1n) is 12.6. The Balaban J connectivity index is 1.42. The zero-order chi connectivity index (χ0) is 25.1. The average molecular weight is 475 g/mol. The Bertz CT molecular complexity index is 1130. The second kappa shape index (κ2) is 10.6. The molecule has 5 nitrogen and oxygen atoms in total. The number of rotatable bonds is 8. The van der Waals surface area contributed by atoms with Crippen molar-refractivity contribution in [1.29, 1.82) is 0 Å². The first-order chi connectivity index (χ1) is 16.7. The lowest BCUT2D eigenvalue weighted by Gasteiger charge is -2.16. The van der Waals surface area contributed by atoms with Gasteiger partial charge in [-0.25, -0.2) is 0 Å². The number of carbonyl (C=O) groups excluding carboxylic acids is 1. The van der Waals surface area contributed by atoms with Crippen molar-refractivity contribution < 1.29 is 24.6 Å². The van der Waals surface area contributed by atoms with Gasteiger partial charge in [-0.3, -0.25) is 14.4 Å². The van der Waals surface area contributed by atoms with Crippen LogP contribution in [0, 0.1) is 11.8 Å². The summed E-state index contributed by atoms with van der Waals surface area (Å²) in [4.78, 5) is 35.8. The number of allylic oxidation sites excluding steroid dienone is 2. The Hall–Kier alpha value is -3.21. The van der Waals surface area contributed by atoms with E-state index < -0.39 is 23.8 Å². The van der Waals surface area contributed by atoms with Crippen molar-refractivity contribution in [2.75, 3.05) is 0 Å². The molecule has 2 aliphatic carbocycles. The molecular weight excluding hydrogens is 440 g/mol. The van der Waals surface area contributed by atoms with E-state index in [0.29, 0.717) is 18.1 Å². The summed E-state index contributed by atoms with van der Waals surface area (Å²) in [6.07, 6.45) is 6.51. The summed E-state index contributed by atoms with van der Waals surface area (Å²) in [5.74, 6) is -2.04. The van der Waals surface area contributed by atoms with E-state index in [9.17, 15) is 24.6 Å². The summed E-state index contributed by atoms with van der Waals surface area (Å²) >= 11 is 0. The molecule has 4 rings (SSSR count). The molecule has 0 saturated heterocycles. The van der Waals surface area contributed by atoms with Crippen molar-refractivity contribution in [3.63, 3.8) is 0 Å². The maximum Gasteiger partial charge on any atom is 0.310 e. The molecular formula is C30H34O5. The van der Waals surface area contributed by atoms with Crippen molar-refractivity contribution >= 4 is 17.7 Å². The Morgan fingerprint density at radius 1 is 0.771 bits per heavy atom. The fourth-order valence-electron chi connectivity index (χ4n) is 5.61. The number of ketones is 1. The molecule has 0 aliphatic heterocycles. The maximum absolute atomic E-state index is 13.4. The van der Waals surface area contributed by atoms with Gasteiger partial charge in [-0.2, -0.15) is 0 Å². The molecule has 0 heterocycles. The van der Waals surface area contributed by atoms with Crippen LogP contribution in [0.4, 0.5) is 0 Å². The molecule has 2 aliphatic rings. The highest BCUT2D eigenvalue weighted by Crippen LogP contribution is 2.41. The predicted octanol–water partition coefficient (Wildman–Crippen LogP) is 5.92. The lowest BCUT2D eigenvalue weighted by atomic mass is 9.88. The molecule has 2 fully saturated rings. The van der Waals surface area contributed by atoms with Crippen molar-refractivity contribution in [2.24, 2.45) is 11.8 Å². The van der Waals surface area contributed by atoms with E-state index in [4.69, 9.17) is 0 Å². The molecule has 2 aromatic rings. The SMILES string of the molecule is CC(C(=O)O)c1ccc(CC2CCC(=C3CCCC3Cc3ccc(C(C)C(=O)O)cc3)C2=O)cc1. The Labute approximate surface area is 206 Å². The Kier molecular flexibility index (Phi) is 7.54. The van der Waals surface area contributed by atoms with E-state index in [0.717, 1.165) is 60.8 Å². The molecule has 0 spiro atoms. The zero-order valence-corrected chi connectivity index (χ0v) is 20.5. The van der Waals surface area contributed by atoms with E-state index in [1.165, 1.54) is 11.1 Å². The van der Waals surface area contributed by atoms with Crippen LogP contribution in [0.5, 0.6) is 0 Å². The van der Waals surface area contributed by atoms with Gasteiger partial charge < -0.3 is 10.2 Å². The lowest BCUT2D eigenvalue weighted by molar-refractivity contribution is -0.139. The molecule has 5 heteroatoms. The average Bonchev–Trinajstić information content (AvgIpc) is 3.45. The summed E-state index contributed by atoms with van der Waals surface area (Å²) in [7, 11) is 0. The predicted molar refractivity (Wildman–Crippen MR) is 134 cm³/mol. The number of Topliss-reactive ketones (excluding diaryl/α,β-unsaturated/α-hetero) is 1. The highest BCUT2D eigenvalue weighted by molar-refractivity contribution is 6.00. The molecule has 0 aromatic heterocycles. The van der Waals surface area contributed by atoms with E-state index in [1.54, 1.807) is 13.8 Å². The highest BCUT2D eigenvalue weighted by Gasteiger charge is 2.35. The summed E-state index contributed by atoms with van der Waals surface area (Å²) in [5.41, 5.74) is 6.24. The Morgan fingerprint density at radius 3 is 1.74 bits per heavy atom. The van der Waals surface area contributed by atoms with Crippen molar-refractivity contribution in [1.82, 2.24) is 0 Å². The van der Waals surface area contributed by atoms with Crippen LogP contribution in [-0.4, -0.2) is 27.9 Å². The second-order valence-electron chi connectivity index (χ2n) is 10.2. The first kappa shape index (κ1) is 24.9. The van der Waals surface area contributed by atoms with E-state index >= 15 is 0 Å². The molecule has 184 valence electrons. The third kappa shape index (κ3) is 5.55. The number of benzene rings is 2. The number of carboxylic acid groups (broad SMARTS) is 2. The quantitative estimate of drug-likeness (QED) is 0.463. The lowest BCUT2D eigenvalue weighted by Crippen LogP contribution is -2.14. The Morgan fingerprint density at radius 2 is 1.26 bits per heavy atom. The topological polar surface area (TPSA) is 91.7 Å². The van der Waals surface area contributed by atoms with E-state index in [-0.39, 0.29) is 5.92 Å². The summed E-state index contributed by atoms with van der Waals surface area (Å²) in [6.45, 7) is 3.38. The minimum absolute atomic E-state index is 0.00159. The summed E-state index contributed by atoms with van der Waals surface area (Å²) < 4.78 is 0. The van der Waals surface area contributed by atoms with Gasteiger partial charge in [-0.15, -0.1) is 0 Å². The minimum Gasteiger partial charge on any atom is -0.481 e. The molecule has 2 N–H and O–H groups in total. The van der Waals surface area contributed by atoms with Gasteiger partial charge in [-0.05, 0) is 92.5 Å². The monoisotopic (exact) mass is 474 g/mol. The van der Waals surface area contributed by atoms with Gasteiger partial charge in [0.05, 0.1) is 11.8 Å². The van der Waals surface area contributed by atoms with E-state index in [1.807, 2.05) is 48.5 Å². The normalized spacial score (nSPS) is 23.9. The molecule has 4 unspecified atom stereocenters. The van der Waals surface area contributed by atoms with Crippen LogP contribution in [-0.2, 0) is 27.2 Å². The van der Waals surface area contributed by atoms with Crippen LogP contribution < -0.4 is 0 Å². The summed E-state index contributed by atoms with van der Waals surface area (Å²) in [6, 6.07) is 15.5. The number of aliphatic carboxylic acids is 2. The molecule has 2 saturated carbocycles. The standard InChI is InChI=1S/C30H34O5/c1-18(29(32)33)22-10-6-20(7-11-22)16-24-4-3-5-26(24)27-15-14-25(28(27)31)17-21-8-12-23(13-9-21)19(2)30(34)35/h6-13,18-19,24-25H,3-5,14-17H2,1-2H3,(H,32,33)(H,34,35). The fraction of sp³-hybridized carbons (Fsp3) is 0.433. The number of hydrogen-bond acceptors (Lipinski definition) is 3. The van der Waals surface area contributed by atoms with Gasteiger partial charge in [0.2, 0.25) is 0 Å². The number of hydrogen-bond donors (Lipinski definition) is 2. The van der Waals surface area contributed by atoms with Crippen LogP contribution in [0.15, 0.2) is 59.7 Å². The van der Waals surface area contributed by atoms with Gasteiger partial charge in [0, 0.05) is 5.92 Å². The van der Waals surface area contributed by atoms with Crippen molar-refractivity contribution in [3.8, 4) is 0 Å². The number of carboxylic acids is 2. The molecule has 4 atom stereocenters.